The van der Waals surface area contributed by atoms with E-state index in [2.05, 4.69) is 4.98 Å². The van der Waals surface area contributed by atoms with Crippen LogP contribution in [-0.4, -0.2) is 9.91 Å². The van der Waals surface area contributed by atoms with Crippen LogP contribution < -0.4 is 0 Å². The summed E-state index contributed by atoms with van der Waals surface area (Å²) in [5, 5.41) is 19.8. The van der Waals surface area contributed by atoms with Crippen molar-refractivity contribution >= 4 is 16.6 Å². The average Bonchev–Trinajstić information content (AvgIpc) is 2.27. The van der Waals surface area contributed by atoms with Crippen LogP contribution in [-0.2, 0) is 0 Å². The standard InChI is InChI=1S/C10H5N3O2/c11-5-7-4-8-9(12-6-7)2-1-3-10(8)13(14)15/h1-4,6H. The fraction of sp³-hybridized carbons (Fsp3) is 0. The highest BCUT2D eigenvalue weighted by Gasteiger charge is 2.11. The molecule has 0 bridgehead atoms. The Hall–Kier alpha value is -2.48. The third-order valence-electron chi connectivity index (χ3n) is 2.03. The number of hydrogen-bond donors (Lipinski definition) is 0. The number of aromatic nitrogens is 1. The van der Waals surface area contributed by atoms with Gasteiger partial charge in [0.25, 0.3) is 5.69 Å². The van der Waals surface area contributed by atoms with E-state index in [0.717, 1.165) is 0 Å². The van der Waals surface area contributed by atoms with Crippen molar-refractivity contribution in [2.24, 2.45) is 0 Å². The maximum Gasteiger partial charge on any atom is 0.278 e. The van der Waals surface area contributed by atoms with E-state index in [1.807, 2.05) is 6.07 Å². The molecule has 0 aliphatic carbocycles. The molecule has 0 aliphatic heterocycles. The first-order valence-corrected chi connectivity index (χ1v) is 4.15. The molecule has 0 saturated carbocycles. The molecule has 0 spiro atoms. The van der Waals surface area contributed by atoms with Crippen molar-refractivity contribution in [1.82, 2.24) is 4.98 Å². The largest absolute Gasteiger partial charge is 0.278 e. The van der Waals surface area contributed by atoms with Crippen LogP contribution in [0.2, 0.25) is 0 Å². The Morgan fingerprint density at radius 3 is 2.93 bits per heavy atom. The second kappa shape index (κ2) is 3.35. The number of nitrogens with zero attached hydrogens (tertiary/aromatic N) is 3. The summed E-state index contributed by atoms with van der Waals surface area (Å²) in [6.07, 6.45) is 1.39. The van der Waals surface area contributed by atoms with Crippen molar-refractivity contribution in [3.8, 4) is 6.07 Å². The Bertz CT molecular complexity index is 587. The number of pyridine rings is 1. The van der Waals surface area contributed by atoms with Crippen molar-refractivity contribution < 1.29 is 4.92 Å². The summed E-state index contributed by atoms with van der Waals surface area (Å²) in [6, 6.07) is 8.01. The summed E-state index contributed by atoms with van der Waals surface area (Å²) in [4.78, 5) is 14.2. The third-order valence-corrected chi connectivity index (χ3v) is 2.03. The monoisotopic (exact) mass is 199 g/mol. The quantitative estimate of drug-likeness (QED) is 0.519. The van der Waals surface area contributed by atoms with Gasteiger partial charge in [0.15, 0.2) is 0 Å². The Morgan fingerprint density at radius 2 is 2.27 bits per heavy atom. The Morgan fingerprint density at radius 1 is 1.47 bits per heavy atom. The molecule has 5 nitrogen and oxygen atoms in total. The van der Waals surface area contributed by atoms with Crippen LogP contribution in [0.1, 0.15) is 5.56 Å². The zero-order chi connectivity index (χ0) is 10.8. The predicted octanol–water partition coefficient (Wildman–Crippen LogP) is 2.01. The molecule has 15 heavy (non-hydrogen) atoms. The highest BCUT2D eigenvalue weighted by Crippen LogP contribution is 2.24. The van der Waals surface area contributed by atoms with Crippen molar-refractivity contribution in [2.75, 3.05) is 0 Å². The molecule has 0 radical (unpaired) electrons. The molecule has 2 rings (SSSR count). The molecule has 1 heterocycles. The lowest BCUT2D eigenvalue weighted by molar-refractivity contribution is -0.383. The number of benzene rings is 1. The van der Waals surface area contributed by atoms with Gasteiger partial charge in [0.2, 0.25) is 0 Å². The Balaban J connectivity index is 2.83. The fourth-order valence-electron chi connectivity index (χ4n) is 1.35. The molecule has 0 amide bonds. The van der Waals surface area contributed by atoms with E-state index < -0.39 is 4.92 Å². The zero-order valence-corrected chi connectivity index (χ0v) is 7.54. The highest BCUT2D eigenvalue weighted by molar-refractivity contribution is 5.88. The number of hydrogen-bond acceptors (Lipinski definition) is 4. The van der Waals surface area contributed by atoms with Crippen LogP contribution in [0.5, 0.6) is 0 Å². The van der Waals surface area contributed by atoms with Gasteiger partial charge in [-0.1, -0.05) is 6.07 Å². The first-order valence-electron chi connectivity index (χ1n) is 4.15. The lowest BCUT2D eigenvalue weighted by atomic mass is 10.1. The summed E-state index contributed by atoms with van der Waals surface area (Å²) in [5.41, 5.74) is 0.803. The summed E-state index contributed by atoms with van der Waals surface area (Å²) in [5.74, 6) is 0. The Kier molecular flexibility index (Phi) is 2.03. The van der Waals surface area contributed by atoms with Crippen LogP contribution in [0, 0.1) is 21.4 Å². The molecule has 0 atom stereocenters. The topological polar surface area (TPSA) is 79.8 Å². The molecule has 1 aromatic carbocycles. The van der Waals surface area contributed by atoms with Crippen LogP contribution >= 0.6 is 0 Å². The van der Waals surface area contributed by atoms with Crippen molar-refractivity contribution in [1.29, 1.82) is 5.26 Å². The van der Waals surface area contributed by atoms with Gasteiger partial charge in [-0.25, -0.2) is 0 Å². The molecule has 5 heteroatoms. The first kappa shape index (κ1) is 9.09. The van der Waals surface area contributed by atoms with Crippen molar-refractivity contribution in [2.45, 2.75) is 0 Å². The minimum Gasteiger partial charge on any atom is -0.258 e. The minimum atomic E-state index is -0.481. The molecular formula is C10H5N3O2. The van der Waals surface area contributed by atoms with Gasteiger partial charge >= 0.3 is 0 Å². The highest BCUT2D eigenvalue weighted by atomic mass is 16.6. The van der Waals surface area contributed by atoms with Crippen LogP contribution in [0.3, 0.4) is 0 Å². The molecule has 0 fully saturated rings. The number of nitro benzene ring substituents is 1. The number of non-ortho nitro benzene ring substituents is 1. The van der Waals surface area contributed by atoms with E-state index >= 15 is 0 Å². The van der Waals surface area contributed by atoms with E-state index in [1.165, 1.54) is 18.3 Å². The van der Waals surface area contributed by atoms with Gasteiger partial charge in [-0.15, -0.1) is 0 Å². The molecule has 1 aromatic heterocycles. The van der Waals surface area contributed by atoms with Crippen LogP contribution in [0.25, 0.3) is 10.9 Å². The maximum atomic E-state index is 10.7. The minimum absolute atomic E-state index is 0.0305. The summed E-state index contributed by atoms with van der Waals surface area (Å²) >= 11 is 0. The summed E-state index contributed by atoms with van der Waals surface area (Å²) < 4.78 is 0. The molecule has 72 valence electrons. The first-order chi connectivity index (χ1) is 7.22. The fourth-order valence-corrected chi connectivity index (χ4v) is 1.35. The van der Waals surface area contributed by atoms with Gasteiger partial charge in [-0.3, -0.25) is 15.1 Å². The van der Waals surface area contributed by atoms with E-state index in [1.54, 1.807) is 12.1 Å². The van der Waals surface area contributed by atoms with Crippen molar-refractivity contribution in [3.05, 3.63) is 46.1 Å². The molecule has 0 saturated heterocycles. The number of nitriles is 1. The molecular weight excluding hydrogens is 194 g/mol. The molecule has 0 unspecified atom stereocenters. The lowest BCUT2D eigenvalue weighted by Gasteiger charge is -1.98. The zero-order valence-electron chi connectivity index (χ0n) is 7.54. The average molecular weight is 199 g/mol. The van der Waals surface area contributed by atoms with E-state index in [4.69, 9.17) is 5.26 Å². The normalized spacial score (nSPS) is 9.80. The maximum absolute atomic E-state index is 10.7. The predicted molar refractivity (Wildman–Crippen MR) is 53.1 cm³/mol. The second-order valence-corrected chi connectivity index (χ2v) is 2.94. The van der Waals surface area contributed by atoms with E-state index in [9.17, 15) is 10.1 Å². The van der Waals surface area contributed by atoms with Gasteiger partial charge in [-0.2, -0.15) is 5.26 Å². The Labute approximate surface area is 84.7 Å². The molecule has 2 aromatic rings. The molecule has 0 N–H and O–H groups in total. The summed E-state index contributed by atoms with van der Waals surface area (Å²) in [7, 11) is 0. The van der Waals surface area contributed by atoms with Gasteiger partial charge in [-0.05, 0) is 12.1 Å². The number of fused-ring (bicyclic) bond motifs is 1. The van der Waals surface area contributed by atoms with Gasteiger partial charge < -0.3 is 0 Å². The SMILES string of the molecule is N#Cc1cnc2cccc([N+](=O)[O-])c2c1. The summed E-state index contributed by atoms with van der Waals surface area (Å²) in [6.45, 7) is 0. The van der Waals surface area contributed by atoms with Crippen LogP contribution in [0.15, 0.2) is 30.5 Å². The van der Waals surface area contributed by atoms with Gasteiger partial charge in [0.05, 0.1) is 21.4 Å². The van der Waals surface area contributed by atoms with Crippen LogP contribution in [0.4, 0.5) is 5.69 Å². The van der Waals surface area contributed by atoms with E-state index in [-0.39, 0.29) is 5.69 Å². The smallest absolute Gasteiger partial charge is 0.258 e. The van der Waals surface area contributed by atoms with Crippen molar-refractivity contribution in [3.63, 3.8) is 0 Å². The lowest BCUT2D eigenvalue weighted by Crippen LogP contribution is -1.91. The van der Waals surface area contributed by atoms with Gasteiger partial charge in [0.1, 0.15) is 6.07 Å². The molecule has 0 aliphatic rings. The number of rotatable bonds is 1. The van der Waals surface area contributed by atoms with E-state index in [0.29, 0.717) is 16.5 Å². The second-order valence-electron chi connectivity index (χ2n) is 2.94. The third kappa shape index (κ3) is 1.48. The number of nitro groups is 1. The van der Waals surface area contributed by atoms with Gasteiger partial charge in [0, 0.05) is 12.3 Å².